The number of halogens is 45. The summed E-state index contributed by atoms with van der Waals surface area (Å²) in [5, 5.41) is 1.12. The number of alkyl halides is 45. The molecule has 0 aromatic heterocycles. The van der Waals surface area contributed by atoms with E-state index in [-0.39, 0.29) is 6.92 Å². The van der Waals surface area contributed by atoms with Gasteiger partial charge in [-0.15, -0.1) is 0 Å². The molecular weight excluding hydrogens is 1320 g/mol. The van der Waals surface area contributed by atoms with Crippen molar-refractivity contribution in [1.82, 2.24) is 5.32 Å². The van der Waals surface area contributed by atoms with Crippen LogP contribution in [0.5, 0.6) is 0 Å². The lowest BCUT2D eigenvalue weighted by atomic mass is 9.81. The molecule has 486 valence electrons. The predicted octanol–water partition coefficient (Wildman–Crippen LogP) is 16.4. The van der Waals surface area contributed by atoms with Gasteiger partial charge in [-0.3, -0.25) is 4.79 Å². The molecule has 0 saturated heterocycles. The molecule has 1 aromatic rings. The molecule has 1 aromatic carbocycles. The summed E-state index contributed by atoms with van der Waals surface area (Å²) in [7, 11) is 0. The van der Waals surface area contributed by atoms with Crippen LogP contribution >= 0.6 is 0 Å². The van der Waals surface area contributed by atoms with Crippen LogP contribution in [-0.4, -0.2) is 149 Å². The monoisotopic (exact) mass is 1340 g/mol. The largest absolute Gasteiger partial charge is 0.460 e. The molecule has 4 nitrogen and oxygen atoms in total. The maximum atomic E-state index is 14.6. The van der Waals surface area contributed by atoms with Crippen LogP contribution in [0.15, 0.2) is 23.2 Å². The number of hydrogen-bond donors (Lipinski definition) is 1. The number of carbonyl (C=O) groups excluding carboxylic acids is 2. The molecule has 0 heterocycles. The first-order valence-corrected chi connectivity index (χ1v) is 19.0. The molecule has 0 aliphatic rings. The molecule has 0 bridgehead atoms. The molecule has 1 atom stereocenters. The number of benzene rings is 1. The highest BCUT2D eigenvalue weighted by molar-refractivity contribution is 5.97. The molecule has 83 heavy (non-hydrogen) atoms. The first-order valence-electron chi connectivity index (χ1n) is 19.0. The molecule has 1 rings (SSSR count). The third-order valence-corrected chi connectivity index (χ3v) is 11.0. The molecule has 1 unspecified atom stereocenters. The van der Waals surface area contributed by atoms with E-state index < -0.39 is 166 Å². The molecule has 1 N–H and O–H groups in total. The fraction of sp³-hybridized carbons (Fsp3) is 0.765. The van der Waals surface area contributed by atoms with Crippen molar-refractivity contribution in [2.75, 3.05) is 0 Å². The molecule has 49 heteroatoms. The van der Waals surface area contributed by atoms with Gasteiger partial charge in [0.05, 0.1) is 5.69 Å². The molecule has 0 radical (unpaired) electrons. The van der Waals surface area contributed by atoms with Gasteiger partial charge in [0.15, 0.2) is 0 Å². The van der Waals surface area contributed by atoms with Gasteiger partial charge in [0, 0.05) is 18.0 Å². The van der Waals surface area contributed by atoms with E-state index in [9.17, 15) is 207 Å². The van der Waals surface area contributed by atoms with Crippen LogP contribution in [0.4, 0.5) is 203 Å². The summed E-state index contributed by atoms with van der Waals surface area (Å²) in [4.78, 5) is 25.8. The van der Waals surface area contributed by atoms with E-state index in [0.29, 0.717) is 6.07 Å². The van der Waals surface area contributed by atoms with Gasteiger partial charge in [-0.1, -0.05) is 6.07 Å². The number of nitrogens with one attached hydrogen (secondary N) is 1. The van der Waals surface area contributed by atoms with Crippen molar-refractivity contribution in [3.8, 4) is 0 Å². The van der Waals surface area contributed by atoms with E-state index in [1.54, 1.807) is 0 Å². The molecule has 0 saturated carbocycles. The van der Waals surface area contributed by atoms with Gasteiger partial charge in [0.1, 0.15) is 0 Å². The zero-order valence-corrected chi connectivity index (χ0v) is 37.3. The van der Waals surface area contributed by atoms with E-state index in [2.05, 4.69) is 4.99 Å². The Kier molecular flexibility index (Phi) is 18.3. The molecule has 0 aliphatic carbocycles. The minimum absolute atomic E-state index is 0.0834. The average Bonchev–Trinajstić information content (AvgIpc) is 3.27. The average molecular weight is 1340 g/mol. The lowest BCUT2D eigenvalue weighted by Crippen LogP contribution is -2.81. The number of rotatable bonds is 25. The zero-order valence-electron chi connectivity index (χ0n) is 37.3. The Labute approximate surface area is 422 Å². The Balaban J connectivity index is 4.07. The lowest BCUT2D eigenvalue weighted by molar-refractivity contribution is -0.497. The summed E-state index contributed by atoms with van der Waals surface area (Å²) in [5.74, 6) is -215. The van der Waals surface area contributed by atoms with E-state index >= 15 is 0 Å². The minimum atomic E-state index is -10.8. The topological polar surface area (TPSA) is 58.5 Å². The fourth-order valence-corrected chi connectivity index (χ4v) is 5.86. The van der Waals surface area contributed by atoms with E-state index in [1.165, 1.54) is 0 Å². The number of amides is 1. The van der Waals surface area contributed by atoms with Crippen LogP contribution in [0.1, 0.15) is 29.3 Å². The van der Waals surface area contributed by atoms with Gasteiger partial charge < -0.3 is 5.32 Å². The molecule has 0 fully saturated rings. The molecular formula is C34H13F45N2O2. The SMILES string of the molecule is Cc1c(N=C=O)cccc1C(=O)NC(C)CC(F)(F)C(F)(F)C(F)(F)C(F)(F)C(F)(F)C(F)(F)C(F)(F)C(F)(F)C(F)(F)C(F)(F)C(F)(F)C(F)(F)C(F)(F)C(F)(F)C(F)(F)C(F)(F)C(F)(F)C(F)(F)C(F)(F)C(F)(F)C(F)(F)C(F)(F)F. The van der Waals surface area contributed by atoms with Gasteiger partial charge in [-0.25, -0.2) is 4.79 Å². The first kappa shape index (κ1) is 75.9. The second kappa shape index (κ2) is 20.0. The highest BCUT2D eigenvalue weighted by Crippen LogP contribution is 2.72. The number of nitrogens with zero attached hydrogens (tertiary/aromatic N) is 1. The van der Waals surface area contributed by atoms with E-state index in [1.807, 2.05) is 0 Å². The van der Waals surface area contributed by atoms with E-state index in [4.69, 9.17) is 0 Å². The molecule has 1 amide bonds. The quantitative estimate of drug-likeness (QED) is 0.0603. The van der Waals surface area contributed by atoms with Crippen molar-refractivity contribution in [1.29, 1.82) is 0 Å². The Morgan fingerprint density at radius 3 is 0.783 bits per heavy atom. The standard InChI is InChI=1S/C34H13F45N2O2/c1-8(81-12(83)10-4-3-5-11(9(10)2)80-7-82)6-13(35,36)14(37,38)15(39,40)16(41,42)17(43,44)18(45,46)19(47,48)20(49,50)21(51,52)22(53,54)23(55,56)24(57,58)25(59,60)26(61,62)27(63,64)28(65,66)29(67,68)30(69,70)31(71,72)32(73,74)33(75,76)34(77,78)79/h3-5,8H,6H2,1-2H3,(H,81,83). The normalized spacial score (nSPS) is 16.7. The second-order valence-corrected chi connectivity index (χ2v) is 16.4. The van der Waals surface area contributed by atoms with Gasteiger partial charge in [-0.2, -0.15) is 203 Å². The third kappa shape index (κ3) is 9.43. The Bertz CT molecular complexity index is 2600. The van der Waals surface area contributed by atoms with E-state index in [0.717, 1.165) is 30.5 Å². The smallest absolute Gasteiger partial charge is 0.349 e. The van der Waals surface area contributed by atoms with Crippen molar-refractivity contribution in [3.63, 3.8) is 0 Å². The fourth-order valence-electron chi connectivity index (χ4n) is 5.86. The van der Waals surface area contributed by atoms with Crippen molar-refractivity contribution in [2.45, 2.75) is 157 Å². The highest BCUT2D eigenvalue weighted by Gasteiger charge is 3.04. The van der Waals surface area contributed by atoms with Crippen LogP contribution in [-0.2, 0) is 4.79 Å². The van der Waals surface area contributed by atoms with Crippen molar-refractivity contribution < 1.29 is 207 Å². The summed E-state index contributed by atoms with van der Waals surface area (Å²) in [6.45, 7) is 0.733. The number of isocyanates is 1. The van der Waals surface area contributed by atoms with Gasteiger partial charge in [-0.05, 0) is 31.5 Å². The zero-order chi connectivity index (χ0) is 67.8. The first-order chi connectivity index (χ1) is 35.5. The van der Waals surface area contributed by atoms with Crippen molar-refractivity contribution >= 4 is 17.7 Å². The lowest BCUT2D eigenvalue weighted by Gasteiger charge is -2.47. The number of carbonyl (C=O) groups is 1. The second-order valence-electron chi connectivity index (χ2n) is 16.4. The van der Waals surface area contributed by atoms with Gasteiger partial charge in [0.2, 0.25) is 6.08 Å². The van der Waals surface area contributed by atoms with Crippen LogP contribution in [0.2, 0.25) is 0 Å². The molecule has 0 aliphatic heterocycles. The number of aliphatic imine (C=N–C) groups is 1. The van der Waals surface area contributed by atoms with Crippen LogP contribution < -0.4 is 5.32 Å². The summed E-state index contributed by atoms with van der Waals surface area (Å²) in [6, 6.07) is -0.822. The maximum absolute atomic E-state index is 14.6. The summed E-state index contributed by atoms with van der Waals surface area (Å²) < 4.78 is 630. The predicted molar refractivity (Wildman–Crippen MR) is 170 cm³/mol. The van der Waals surface area contributed by atoms with Crippen molar-refractivity contribution in [3.05, 3.63) is 29.3 Å². The summed E-state index contributed by atoms with van der Waals surface area (Å²) in [5.41, 5.74) is -1.96. The van der Waals surface area contributed by atoms with Gasteiger partial charge in [0.25, 0.3) is 5.91 Å². The Morgan fingerprint density at radius 1 is 0.373 bits per heavy atom. The Morgan fingerprint density at radius 2 is 0.578 bits per heavy atom. The van der Waals surface area contributed by atoms with Crippen molar-refractivity contribution in [2.24, 2.45) is 4.99 Å². The highest BCUT2D eigenvalue weighted by atomic mass is 19.4. The van der Waals surface area contributed by atoms with Crippen LogP contribution in [0.25, 0.3) is 0 Å². The van der Waals surface area contributed by atoms with Crippen LogP contribution in [0, 0.1) is 6.92 Å². The summed E-state index contributed by atoms with van der Waals surface area (Å²) in [6.07, 6.45) is -11.2. The molecule has 0 spiro atoms. The third-order valence-electron chi connectivity index (χ3n) is 11.0. The summed E-state index contributed by atoms with van der Waals surface area (Å²) >= 11 is 0. The maximum Gasteiger partial charge on any atom is 0.460 e. The van der Waals surface area contributed by atoms with Gasteiger partial charge >= 0.3 is 131 Å². The minimum Gasteiger partial charge on any atom is -0.349 e. The Hall–Kier alpha value is -5.08. The van der Waals surface area contributed by atoms with Crippen LogP contribution in [0.3, 0.4) is 0 Å². The number of hydrogen-bond acceptors (Lipinski definition) is 3.